The number of rotatable bonds is 3. The Bertz CT molecular complexity index is 396. The van der Waals surface area contributed by atoms with Crippen LogP contribution in [0.5, 0.6) is 0 Å². The van der Waals surface area contributed by atoms with Gasteiger partial charge in [0.15, 0.2) is 0 Å². The molecule has 2 heterocycles. The molecule has 1 amide bonds. The average molecular weight is 248 g/mol. The first kappa shape index (κ1) is 12.8. The van der Waals surface area contributed by atoms with E-state index in [1.165, 1.54) is 0 Å². The predicted molar refractivity (Wildman–Crippen MR) is 71.8 cm³/mol. The van der Waals surface area contributed by atoms with Crippen LogP contribution in [0.3, 0.4) is 0 Å². The standard InChI is InChI=1S/C13H20N4O/c1-17(2)13(18)10-3-4-12(15-9-10)16-11-5-7-14-8-6-11/h3-4,9,11,14H,5-8H2,1-2H3,(H,15,16). The van der Waals surface area contributed by atoms with Crippen LogP contribution in [0.25, 0.3) is 0 Å². The molecule has 0 radical (unpaired) electrons. The van der Waals surface area contributed by atoms with E-state index in [9.17, 15) is 4.79 Å². The molecule has 2 rings (SSSR count). The normalized spacial score (nSPS) is 16.3. The maximum atomic E-state index is 11.7. The van der Waals surface area contributed by atoms with Gasteiger partial charge in [0.2, 0.25) is 0 Å². The number of carbonyl (C=O) groups is 1. The summed E-state index contributed by atoms with van der Waals surface area (Å²) in [5.41, 5.74) is 0.621. The lowest BCUT2D eigenvalue weighted by atomic mass is 10.1. The summed E-state index contributed by atoms with van der Waals surface area (Å²) < 4.78 is 0. The number of anilines is 1. The number of piperidine rings is 1. The van der Waals surface area contributed by atoms with Gasteiger partial charge in [0.05, 0.1) is 5.56 Å². The van der Waals surface area contributed by atoms with Crippen molar-refractivity contribution < 1.29 is 4.79 Å². The molecule has 18 heavy (non-hydrogen) atoms. The van der Waals surface area contributed by atoms with Crippen molar-refractivity contribution in [1.29, 1.82) is 0 Å². The number of hydrogen-bond acceptors (Lipinski definition) is 4. The zero-order valence-electron chi connectivity index (χ0n) is 10.9. The van der Waals surface area contributed by atoms with Crippen LogP contribution in [0, 0.1) is 0 Å². The van der Waals surface area contributed by atoms with E-state index < -0.39 is 0 Å². The molecule has 0 aromatic carbocycles. The molecule has 1 aliphatic rings. The highest BCUT2D eigenvalue weighted by molar-refractivity contribution is 5.93. The minimum absolute atomic E-state index is 0.0177. The fraction of sp³-hybridized carbons (Fsp3) is 0.538. The monoisotopic (exact) mass is 248 g/mol. The Labute approximate surface area is 108 Å². The molecule has 1 aromatic rings. The highest BCUT2D eigenvalue weighted by atomic mass is 16.2. The van der Waals surface area contributed by atoms with Crippen molar-refractivity contribution in [1.82, 2.24) is 15.2 Å². The van der Waals surface area contributed by atoms with E-state index in [4.69, 9.17) is 0 Å². The van der Waals surface area contributed by atoms with Crippen LogP contribution in [-0.2, 0) is 0 Å². The lowest BCUT2D eigenvalue weighted by Crippen LogP contribution is -2.35. The van der Waals surface area contributed by atoms with Gasteiger partial charge in [-0.3, -0.25) is 4.79 Å². The van der Waals surface area contributed by atoms with Crippen molar-refractivity contribution in [2.24, 2.45) is 0 Å². The van der Waals surface area contributed by atoms with Crippen molar-refractivity contribution >= 4 is 11.7 Å². The van der Waals surface area contributed by atoms with Crippen molar-refractivity contribution in [3.63, 3.8) is 0 Å². The maximum Gasteiger partial charge on any atom is 0.254 e. The van der Waals surface area contributed by atoms with Crippen LogP contribution in [0.2, 0.25) is 0 Å². The second-order valence-electron chi connectivity index (χ2n) is 4.80. The second kappa shape index (κ2) is 5.82. The van der Waals surface area contributed by atoms with Gasteiger partial charge >= 0.3 is 0 Å². The minimum atomic E-state index is -0.0177. The first-order valence-electron chi connectivity index (χ1n) is 6.32. The summed E-state index contributed by atoms with van der Waals surface area (Å²) in [4.78, 5) is 17.6. The molecule has 5 nitrogen and oxygen atoms in total. The summed E-state index contributed by atoms with van der Waals surface area (Å²) in [5.74, 6) is 0.827. The highest BCUT2D eigenvalue weighted by Gasteiger charge is 2.13. The van der Waals surface area contributed by atoms with Gasteiger partial charge in [0.25, 0.3) is 5.91 Å². The van der Waals surface area contributed by atoms with Crippen LogP contribution >= 0.6 is 0 Å². The van der Waals surface area contributed by atoms with Crippen molar-refractivity contribution in [3.05, 3.63) is 23.9 Å². The summed E-state index contributed by atoms with van der Waals surface area (Å²) in [5, 5.41) is 6.73. The summed E-state index contributed by atoms with van der Waals surface area (Å²) in [6, 6.07) is 4.17. The summed E-state index contributed by atoms with van der Waals surface area (Å²) in [7, 11) is 3.48. The molecule has 0 unspecified atom stereocenters. The molecule has 98 valence electrons. The van der Waals surface area contributed by atoms with Gasteiger partial charge in [-0.25, -0.2) is 4.98 Å². The Kier molecular flexibility index (Phi) is 4.15. The molecule has 0 atom stereocenters. The number of pyridine rings is 1. The number of nitrogens with zero attached hydrogens (tertiary/aromatic N) is 2. The third kappa shape index (κ3) is 3.20. The lowest BCUT2D eigenvalue weighted by molar-refractivity contribution is 0.0827. The summed E-state index contributed by atoms with van der Waals surface area (Å²) in [6.07, 6.45) is 3.85. The molecule has 0 aliphatic carbocycles. The molecule has 5 heteroatoms. The molecular formula is C13H20N4O. The fourth-order valence-corrected chi connectivity index (χ4v) is 2.04. The first-order chi connectivity index (χ1) is 8.66. The highest BCUT2D eigenvalue weighted by Crippen LogP contribution is 2.12. The summed E-state index contributed by atoms with van der Waals surface area (Å²) in [6.45, 7) is 2.10. The van der Waals surface area contributed by atoms with E-state index in [1.54, 1.807) is 25.2 Å². The van der Waals surface area contributed by atoms with E-state index in [2.05, 4.69) is 15.6 Å². The number of amides is 1. The number of hydrogen-bond donors (Lipinski definition) is 2. The first-order valence-corrected chi connectivity index (χ1v) is 6.32. The topological polar surface area (TPSA) is 57.3 Å². The quantitative estimate of drug-likeness (QED) is 0.836. The average Bonchev–Trinajstić information content (AvgIpc) is 2.40. The molecular weight excluding hydrogens is 228 g/mol. The third-order valence-corrected chi connectivity index (χ3v) is 3.11. The van der Waals surface area contributed by atoms with E-state index >= 15 is 0 Å². The second-order valence-corrected chi connectivity index (χ2v) is 4.80. The summed E-state index contributed by atoms with van der Waals surface area (Å²) >= 11 is 0. The lowest BCUT2D eigenvalue weighted by Gasteiger charge is -2.24. The Morgan fingerprint density at radius 3 is 2.67 bits per heavy atom. The molecule has 1 fully saturated rings. The molecule has 0 bridgehead atoms. The van der Waals surface area contributed by atoms with Crippen LogP contribution < -0.4 is 10.6 Å². The fourth-order valence-electron chi connectivity index (χ4n) is 2.04. The Balaban J connectivity index is 1.96. The predicted octanol–water partition coefficient (Wildman–Crippen LogP) is 0.947. The smallest absolute Gasteiger partial charge is 0.254 e. The third-order valence-electron chi connectivity index (χ3n) is 3.11. The Morgan fingerprint density at radius 2 is 2.11 bits per heavy atom. The zero-order chi connectivity index (χ0) is 13.0. The van der Waals surface area contributed by atoms with Crippen LogP contribution in [0.15, 0.2) is 18.3 Å². The molecule has 2 N–H and O–H groups in total. The van der Waals surface area contributed by atoms with Crippen molar-refractivity contribution in [2.75, 3.05) is 32.5 Å². The zero-order valence-corrected chi connectivity index (χ0v) is 10.9. The molecule has 1 saturated heterocycles. The van der Waals surface area contributed by atoms with Gasteiger partial charge < -0.3 is 15.5 Å². The van der Waals surface area contributed by atoms with Crippen molar-refractivity contribution in [2.45, 2.75) is 18.9 Å². The van der Waals surface area contributed by atoms with Crippen molar-refractivity contribution in [3.8, 4) is 0 Å². The van der Waals surface area contributed by atoms with Crippen LogP contribution in [-0.4, -0.2) is 49.0 Å². The Morgan fingerprint density at radius 1 is 1.39 bits per heavy atom. The van der Waals surface area contributed by atoms with Gasteiger partial charge in [-0.05, 0) is 38.1 Å². The van der Waals surface area contributed by atoms with Gasteiger partial charge in [-0.15, -0.1) is 0 Å². The van der Waals surface area contributed by atoms with E-state index in [-0.39, 0.29) is 5.91 Å². The number of nitrogens with one attached hydrogen (secondary N) is 2. The molecule has 1 aliphatic heterocycles. The molecule has 1 aromatic heterocycles. The largest absolute Gasteiger partial charge is 0.367 e. The Hall–Kier alpha value is -1.62. The number of aromatic nitrogens is 1. The molecule has 0 saturated carbocycles. The SMILES string of the molecule is CN(C)C(=O)c1ccc(NC2CCNCC2)nc1. The maximum absolute atomic E-state index is 11.7. The molecule has 0 spiro atoms. The van der Waals surface area contributed by atoms with Crippen LogP contribution in [0.1, 0.15) is 23.2 Å². The van der Waals surface area contributed by atoms with E-state index in [1.807, 2.05) is 12.1 Å². The minimum Gasteiger partial charge on any atom is -0.367 e. The van der Waals surface area contributed by atoms with Gasteiger partial charge in [-0.2, -0.15) is 0 Å². The van der Waals surface area contributed by atoms with Gasteiger partial charge in [0.1, 0.15) is 5.82 Å². The van der Waals surface area contributed by atoms with E-state index in [0.717, 1.165) is 31.7 Å². The number of carbonyl (C=O) groups excluding carboxylic acids is 1. The van der Waals surface area contributed by atoms with E-state index in [0.29, 0.717) is 11.6 Å². The van der Waals surface area contributed by atoms with Gasteiger partial charge in [0, 0.05) is 26.3 Å². The van der Waals surface area contributed by atoms with Gasteiger partial charge in [-0.1, -0.05) is 0 Å². The van der Waals surface area contributed by atoms with Crippen LogP contribution in [0.4, 0.5) is 5.82 Å².